The highest BCUT2D eigenvalue weighted by Gasteiger charge is 2.50. The Morgan fingerprint density at radius 3 is 2.48 bits per heavy atom. The summed E-state index contributed by atoms with van der Waals surface area (Å²) in [7, 11) is -4.81. The van der Waals surface area contributed by atoms with Gasteiger partial charge in [-0.25, -0.2) is 31.7 Å². The molecule has 3 aromatic carbocycles. The van der Waals surface area contributed by atoms with E-state index in [0.717, 1.165) is 62.9 Å². The number of fused-ring (bicyclic) bond motifs is 1. The number of carbonyl (C=O) groups excluding carboxylic acids is 2. The Labute approximate surface area is 399 Å². The Morgan fingerprint density at radius 1 is 1.00 bits per heavy atom. The minimum atomic E-state index is -4.81. The number of nitrogens with one attached hydrogen (secondary N) is 3. The number of anilines is 2. The standard InChI is InChI=1S/C50H58F2N8O8S/c1-4-67-48(62)58-22-16-50(52,17-23-58)31-55-41-12-11-36(25-44(41)60(63)64)69(65,66)56-47(61)39-26-40(51)43(27-45(39)68-35-24-33-13-18-53-46(33)54-30-35)57-20-14-49(15-21-57)28-34(29-49)59-19-7-10-42(59)38-9-6-5-8-37(38)32(2)3/h5-6,8-9,11-13,18,24-27,30,32,34,42,55H,4,7,10,14-17,19-23,28-29,31H2,1-3H3,(H,53,54)(H,56,61). The molecule has 2 aromatic heterocycles. The van der Waals surface area contributed by atoms with Gasteiger partial charge in [0, 0.05) is 81.4 Å². The summed E-state index contributed by atoms with van der Waals surface area (Å²) in [5.74, 6) is -1.45. The zero-order chi connectivity index (χ0) is 48.7. The summed E-state index contributed by atoms with van der Waals surface area (Å²) >= 11 is 0. The number of nitro groups is 1. The topological polar surface area (TPSA) is 192 Å². The maximum Gasteiger partial charge on any atom is 0.409 e. The summed E-state index contributed by atoms with van der Waals surface area (Å²) in [5.41, 5.74) is 0.706. The zero-order valence-corrected chi connectivity index (χ0v) is 39.8. The number of rotatable bonds is 14. The number of ether oxygens (including phenoxy) is 2. The van der Waals surface area contributed by atoms with Crippen molar-refractivity contribution in [1.82, 2.24) is 24.5 Å². The first-order chi connectivity index (χ1) is 33.0. The molecule has 69 heavy (non-hydrogen) atoms. The molecule has 0 radical (unpaired) electrons. The van der Waals surface area contributed by atoms with Gasteiger partial charge in [-0.15, -0.1) is 0 Å². The van der Waals surface area contributed by atoms with Crippen LogP contribution in [0.2, 0.25) is 0 Å². The van der Waals surface area contributed by atoms with Crippen molar-refractivity contribution in [3.8, 4) is 11.5 Å². The third-order valence-electron chi connectivity index (χ3n) is 14.6. The number of hydrogen-bond acceptors (Lipinski definition) is 12. The summed E-state index contributed by atoms with van der Waals surface area (Å²) in [6, 6.07) is 18.5. The van der Waals surface area contributed by atoms with Gasteiger partial charge in [0.15, 0.2) is 0 Å². The number of amides is 2. The maximum atomic E-state index is 16.4. The number of likely N-dealkylation sites (tertiary alicyclic amines) is 2. The summed E-state index contributed by atoms with van der Waals surface area (Å²) in [4.78, 5) is 50.2. The van der Waals surface area contributed by atoms with Gasteiger partial charge < -0.3 is 29.6 Å². The van der Waals surface area contributed by atoms with Crippen LogP contribution in [0.1, 0.15) is 106 Å². The summed E-state index contributed by atoms with van der Waals surface area (Å²) < 4.78 is 72.9. The van der Waals surface area contributed by atoms with E-state index in [4.69, 9.17) is 9.47 Å². The van der Waals surface area contributed by atoms with Crippen molar-refractivity contribution in [1.29, 1.82) is 0 Å². The van der Waals surface area contributed by atoms with E-state index in [1.54, 1.807) is 25.3 Å². The molecule has 2 amide bonds. The molecular formula is C50H58F2N8O8S. The molecule has 5 aromatic rings. The Bertz CT molecular complexity index is 2850. The lowest BCUT2D eigenvalue weighted by molar-refractivity contribution is -0.384. The lowest BCUT2D eigenvalue weighted by Gasteiger charge is -2.56. The third-order valence-corrected chi connectivity index (χ3v) is 16.0. The fourth-order valence-corrected chi connectivity index (χ4v) is 11.8. The molecule has 16 nitrogen and oxygen atoms in total. The smallest absolute Gasteiger partial charge is 0.409 e. The Morgan fingerprint density at radius 2 is 1.75 bits per heavy atom. The fourth-order valence-electron chi connectivity index (χ4n) is 10.8. The first-order valence-corrected chi connectivity index (χ1v) is 25.3. The molecule has 1 saturated carbocycles. The minimum absolute atomic E-state index is 0.0523. The average Bonchev–Trinajstić information content (AvgIpc) is 4.01. The number of pyridine rings is 1. The Hall–Kier alpha value is -6.34. The van der Waals surface area contributed by atoms with E-state index in [9.17, 15) is 28.1 Å². The number of nitro benzene ring substituents is 1. The first kappa shape index (κ1) is 47.7. The zero-order valence-electron chi connectivity index (χ0n) is 39.0. The van der Waals surface area contributed by atoms with Crippen LogP contribution in [-0.2, 0) is 14.8 Å². The largest absolute Gasteiger partial charge is 0.455 e. The number of piperidine rings is 2. The van der Waals surface area contributed by atoms with Crippen LogP contribution in [0.15, 0.2) is 84.0 Å². The molecular weight excluding hydrogens is 911 g/mol. The maximum absolute atomic E-state index is 16.4. The van der Waals surface area contributed by atoms with Gasteiger partial charge in [0.05, 0.1) is 33.9 Å². The number of benzene rings is 3. The Kier molecular flexibility index (Phi) is 13.3. The van der Waals surface area contributed by atoms with Crippen LogP contribution in [0, 0.1) is 21.3 Å². The van der Waals surface area contributed by atoms with Crippen molar-refractivity contribution in [2.24, 2.45) is 5.41 Å². The molecule has 1 atom stereocenters. The predicted molar refractivity (Wildman–Crippen MR) is 257 cm³/mol. The molecule has 1 unspecified atom stereocenters. The quantitative estimate of drug-likeness (QED) is 0.0706. The van der Waals surface area contributed by atoms with Gasteiger partial charge in [-0.2, -0.15) is 0 Å². The van der Waals surface area contributed by atoms with Crippen LogP contribution in [-0.4, -0.2) is 103 Å². The van der Waals surface area contributed by atoms with Crippen molar-refractivity contribution in [3.05, 3.63) is 112 Å². The van der Waals surface area contributed by atoms with Crippen molar-refractivity contribution < 1.29 is 41.2 Å². The van der Waals surface area contributed by atoms with Crippen molar-refractivity contribution in [2.75, 3.05) is 56.1 Å². The number of nitrogens with zero attached hydrogens (tertiary/aromatic N) is 5. The molecule has 9 rings (SSSR count). The number of H-pyrrole nitrogens is 1. The van der Waals surface area contributed by atoms with Crippen LogP contribution >= 0.6 is 0 Å². The van der Waals surface area contributed by atoms with Crippen LogP contribution in [0.5, 0.6) is 11.5 Å². The second kappa shape index (κ2) is 19.2. The molecule has 1 aliphatic carbocycles. The van der Waals surface area contributed by atoms with E-state index in [-0.39, 0.29) is 67.4 Å². The van der Waals surface area contributed by atoms with Crippen LogP contribution in [0.3, 0.4) is 0 Å². The SMILES string of the molecule is CCOC(=O)N1CCC(F)(CNc2ccc(S(=O)(=O)NC(=O)c3cc(F)c(N4CCC5(CC4)CC(N4CCCC4c4ccccc4C(C)C)C5)cc3Oc3cnc4[nH]ccc4c3)cc2[N+](=O)[O-])CC1. The number of sulfonamides is 1. The second-order valence-electron chi connectivity index (χ2n) is 19.3. The normalized spacial score (nSPS) is 19.4. The average molecular weight is 969 g/mol. The van der Waals surface area contributed by atoms with Gasteiger partial charge in [-0.1, -0.05) is 38.1 Å². The van der Waals surface area contributed by atoms with Crippen molar-refractivity contribution in [3.63, 3.8) is 0 Å². The van der Waals surface area contributed by atoms with Gasteiger partial charge in [-0.05, 0) is 105 Å². The van der Waals surface area contributed by atoms with Gasteiger partial charge >= 0.3 is 6.09 Å². The number of hydrogen-bond donors (Lipinski definition) is 3. The van der Waals surface area contributed by atoms with E-state index in [2.05, 4.69) is 58.3 Å². The number of aromatic amines is 1. The predicted octanol–water partition coefficient (Wildman–Crippen LogP) is 9.60. The van der Waals surface area contributed by atoms with Gasteiger partial charge in [-0.3, -0.25) is 19.8 Å². The van der Waals surface area contributed by atoms with Gasteiger partial charge in [0.25, 0.3) is 21.6 Å². The molecule has 4 aliphatic rings. The lowest BCUT2D eigenvalue weighted by atomic mass is 9.59. The van der Waals surface area contributed by atoms with E-state index in [1.165, 1.54) is 34.7 Å². The van der Waals surface area contributed by atoms with Crippen LogP contribution in [0.4, 0.5) is 30.6 Å². The first-order valence-electron chi connectivity index (χ1n) is 23.8. The highest BCUT2D eigenvalue weighted by molar-refractivity contribution is 7.90. The summed E-state index contributed by atoms with van der Waals surface area (Å²) in [5, 5.41) is 15.6. The summed E-state index contributed by atoms with van der Waals surface area (Å²) in [6.45, 7) is 8.40. The van der Waals surface area contributed by atoms with E-state index in [1.807, 2.05) is 9.62 Å². The third kappa shape index (κ3) is 9.93. The number of halogens is 2. The molecule has 4 fully saturated rings. The second-order valence-corrected chi connectivity index (χ2v) is 21.0. The molecule has 3 N–H and O–H groups in total. The molecule has 19 heteroatoms. The van der Waals surface area contributed by atoms with E-state index >= 15 is 8.78 Å². The lowest BCUT2D eigenvalue weighted by Crippen LogP contribution is -2.55. The van der Waals surface area contributed by atoms with Crippen molar-refractivity contribution in [2.45, 2.75) is 101 Å². The van der Waals surface area contributed by atoms with E-state index in [0.29, 0.717) is 42.1 Å². The molecule has 3 aliphatic heterocycles. The highest BCUT2D eigenvalue weighted by Crippen LogP contribution is 2.54. The fraction of sp³-hybridized carbons (Fsp3) is 0.460. The highest BCUT2D eigenvalue weighted by atomic mass is 32.2. The minimum Gasteiger partial charge on any atom is -0.455 e. The molecule has 0 bridgehead atoms. The molecule has 3 saturated heterocycles. The van der Waals surface area contributed by atoms with Crippen LogP contribution in [0.25, 0.3) is 11.0 Å². The van der Waals surface area contributed by atoms with Crippen LogP contribution < -0.4 is 19.7 Å². The molecule has 366 valence electrons. The monoisotopic (exact) mass is 968 g/mol. The van der Waals surface area contributed by atoms with E-state index < -0.39 is 54.6 Å². The molecule has 1 spiro atoms. The number of carbonyl (C=O) groups is 2. The number of aromatic nitrogens is 2. The number of alkyl halides is 1. The summed E-state index contributed by atoms with van der Waals surface area (Å²) in [6.07, 6.45) is 8.69. The Balaban J connectivity index is 0.900. The van der Waals surface area contributed by atoms with Gasteiger partial charge in [0.2, 0.25) is 0 Å². The molecule has 5 heterocycles. The van der Waals surface area contributed by atoms with Gasteiger partial charge in [0.1, 0.15) is 34.3 Å². The van der Waals surface area contributed by atoms with Crippen molar-refractivity contribution >= 4 is 50.1 Å².